The third kappa shape index (κ3) is 6.86. The van der Waals surface area contributed by atoms with E-state index in [1.54, 1.807) is 11.9 Å². The zero-order valence-electron chi connectivity index (χ0n) is 18.7. The van der Waals surface area contributed by atoms with Crippen molar-refractivity contribution in [1.29, 1.82) is 0 Å². The summed E-state index contributed by atoms with van der Waals surface area (Å²) in [5.74, 6) is 0.0452. The maximum absolute atomic E-state index is 14.0. The van der Waals surface area contributed by atoms with Crippen LogP contribution in [0.5, 0.6) is 5.75 Å². The molecule has 1 fully saturated rings. The number of nitrogens with one attached hydrogen (secondary N) is 2. The van der Waals surface area contributed by atoms with E-state index in [0.29, 0.717) is 25.5 Å². The smallest absolute Gasteiger partial charge is 0.257 e. The molecule has 1 saturated heterocycles. The van der Waals surface area contributed by atoms with Gasteiger partial charge < -0.3 is 25.0 Å². The standard InChI is InChI=1S/C22H32FN5O3/c1-6-28(15(2)3)22(29)18-11-16(23)7-8-19(18)31-20(14-24-4)21(25-5)27-13-17-12-26-9-10-30-17/h7-8,11,14-15,17,26H,4,6,9-10,12-13H2,1-3,5H3,(H,25,27)/b20-14+. The van der Waals surface area contributed by atoms with Crippen LogP contribution in [0.3, 0.4) is 0 Å². The number of rotatable bonds is 9. The van der Waals surface area contributed by atoms with Crippen LogP contribution in [-0.4, -0.2) is 75.3 Å². The number of amidine groups is 1. The molecule has 170 valence electrons. The molecule has 1 heterocycles. The van der Waals surface area contributed by atoms with Crippen molar-refractivity contribution < 1.29 is 18.7 Å². The number of carbonyl (C=O) groups excluding carboxylic acids is 1. The van der Waals surface area contributed by atoms with Crippen molar-refractivity contribution >= 4 is 18.5 Å². The first kappa shape index (κ1) is 24.5. The molecule has 1 atom stereocenters. The SMILES string of the molecule is C=N/C=C(/Oc1ccc(F)cc1C(=O)N(CC)C(C)C)C(=NC)NCC1CNCCO1. The van der Waals surface area contributed by atoms with Gasteiger partial charge in [-0.05, 0) is 45.7 Å². The molecule has 0 spiro atoms. The molecule has 9 heteroatoms. The number of ether oxygens (including phenoxy) is 2. The molecule has 0 radical (unpaired) electrons. The Labute approximate surface area is 183 Å². The maximum Gasteiger partial charge on any atom is 0.257 e. The lowest BCUT2D eigenvalue weighted by atomic mass is 10.1. The second kappa shape index (κ2) is 12.2. The summed E-state index contributed by atoms with van der Waals surface area (Å²) in [7, 11) is 1.61. The zero-order valence-corrected chi connectivity index (χ0v) is 18.7. The number of benzene rings is 1. The van der Waals surface area contributed by atoms with Crippen molar-refractivity contribution in [1.82, 2.24) is 15.5 Å². The largest absolute Gasteiger partial charge is 0.451 e. The lowest BCUT2D eigenvalue weighted by molar-refractivity contribution is 0.0319. The highest BCUT2D eigenvalue weighted by atomic mass is 19.1. The van der Waals surface area contributed by atoms with Gasteiger partial charge in [0.15, 0.2) is 11.6 Å². The average molecular weight is 434 g/mol. The van der Waals surface area contributed by atoms with Crippen LogP contribution in [0.15, 0.2) is 40.1 Å². The Morgan fingerprint density at radius 2 is 2.29 bits per heavy atom. The fourth-order valence-corrected chi connectivity index (χ4v) is 3.23. The Balaban J connectivity index is 2.26. The second-order valence-electron chi connectivity index (χ2n) is 7.25. The van der Waals surface area contributed by atoms with E-state index in [4.69, 9.17) is 9.47 Å². The Morgan fingerprint density at radius 1 is 1.52 bits per heavy atom. The molecule has 0 aliphatic carbocycles. The van der Waals surface area contributed by atoms with Gasteiger partial charge in [-0.1, -0.05) is 0 Å². The first-order valence-electron chi connectivity index (χ1n) is 10.4. The first-order chi connectivity index (χ1) is 14.9. The van der Waals surface area contributed by atoms with Gasteiger partial charge in [0, 0.05) is 39.3 Å². The third-order valence-corrected chi connectivity index (χ3v) is 4.78. The lowest BCUT2D eigenvalue weighted by Gasteiger charge is -2.26. The predicted octanol–water partition coefficient (Wildman–Crippen LogP) is 2.22. The summed E-state index contributed by atoms with van der Waals surface area (Å²) >= 11 is 0. The van der Waals surface area contributed by atoms with Gasteiger partial charge >= 0.3 is 0 Å². The van der Waals surface area contributed by atoms with Crippen molar-refractivity contribution in [3.63, 3.8) is 0 Å². The van der Waals surface area contributed by atoms with E-state index in [0.717, 1.165) is 13.1 Å². The fourth-order valence-electron chi connectivity index (χ4n) is 3.23. The average Bonchev–Trinajstić information content (AvgIpc) is 2.76. The molecule has 8 nitrogen and oxygen atoms in total. The van der Waals surface area contributed by atoms with Gasteiger partial charge in [0.05, 0.1) is 24.5 Å². The van der Waals surface area contributed by atoms with E-state index in [1.165, 1.54) is 24.4 Å². The number of amides is 1. The van der Waals surface area contributed by atoms with Gasteiger partial charge in [0.25, 0.3) is 5.91 Å². The highest BCUT2D eigenvalue weighted by molar-refractivity contribution is 5.99. The van der Waals surface area contributed by atoms with Gasteiger partial charge in [-0.25, -0.2) is 4.39 Å². The van der Waals surface area contributed by atoms with Gasteiger partial charge in [-0.15, -0.1) is 0 Å². The molecular weight excluding hydrogens is 401 g/mol. The number of carbonyl (C=O) groups is 1. The molecule has 2 rings (SSSR count). The summed E-state index contributed by atoms with van der Waals surface area (Å²) in [4.78, 5) is 22.7. The van der Waals surface area contributed by atoms with E-state index in [1.807, 2.05) is 20.8 Å². The summed E-state index contributed by atoms with van der Waals surface area (Å²) in [6.45, 7) is 12.4. The molecule has 1 aromatic rings. The first-order valence-corrected chi connectivity index (χ1v) is 10.4. The van der Waals surface area contributed by atoms with Crippen molar-refractivity contribution in [3.05, 3.63) is 41.5 Å². The van der Waals surface area contributed by atoms with Crippen molar-refractivity contribution in [2.45, 2.75) is 32.9 Å². The Morgan fingerprint density at radius 3 is 2.87 bits per heavy atom. The maximum atomic E-state index is 14.0. The molecule has 1 aliphatic heterocycles. The van der Waals surface area contributed by atoms with Gasteiger partial charge in [0.2, 0.25) is 0 Å². The minimum Gasteiger partial charge on any atom is -0.451 e. The van der Waals surface area contributed by atoms with Crippen LogP contribution in [0.25, 0.3) is 0 Å². The van der Waals surface area contributed by atoms with E-state index in [2.05, 4.69) is 27.3 Å². The minimum atomic E-state index is -0.521. The number of halogens is 1. The molecule has 1 aromatic carbocycles. The highest BCUT2D eigenvalue weighted by Gasteiger charge is 2.23. The molecule has 31 heavy (non-hydrogen) atoms. The van der Waals surface area contributed by atoms with E-state index >= 15 is 0 Å². The quantitative estimate of drug-likeness (QED) is 0.354. The number of aliphatic imine (C=N–C) groups is 2. The molecular formula is C22H32FN5O3. The van der Waals surface area contributed by atoms with Crippen molar-refractivity contribution in [2.75, 3.05) is 39.8 Å². The van der Waals surface area contributed by atoms with Crippen LogP contribution in [-0.2, 0) is 4.74 Å². The van der Waals surface area contributed by atoms with Crippen LogP contribution in [0, 0.1) is 5.82 Å². The predicted molar refractivity (Wildman–Crippen MR) is 120 cm³/mol. The van der Waals surface area contributed by atoms with E-state index in [-0.39, 0.29) is 35.1 Å². The minimum absolute atomic E-state index is 0.0180. The third-order valence-electron chi connectivity index (χ3n) is 4.78. The highest BCUT2D eigenvalue weighted by Crippen LogP contribution is 2.25. The lowest BCUT2D eigenvalue weighted by Crippen LogP contribution is -2.45. The topological polar surface area (TPSA) is 87.5 Å². The number of hydrogen-bond acceptors (Lipinski definition) is 6. The Hall–Kier alpha value is -2.78. The summed E-state index contributed by atoms with van der Waals surface area (Å²) in [6.07, 6.45) is 1.38. The normalized spacial score (nSPS) is 17.4. The number of hydrogen-bond donors (Lipinski definition) is 2. The summed E-state index contributed by atoms with van der Waals surface area (Å²) in [5.41, 5.74) is 0.126. The zero-order chi connectivity index (χ0) is 22.8. The van der Waals surface area contributed by atoms with E-state index < -0.39 is 5.82 Å². The molecule has 0 bridgehead atoms. The van der Waals surface area contributed by atoms with Crippen molar-refractivity contribution in [2.24, 2.45) is 9.98 Å². The Kier molecular flexibility index (Phi) is 9.61. The molecule has 1 amide bonds. The van der Waals surface area contributed by atoms with Crippen LogP contribution >= 0.6 is 0 Å². The molecule has 0 saturated carbocycles. The van der Waals surface area contributed by atoms with E-state index in [9.17, 15) is 9.18 Å². The van der Waals surface area contributed by atoms with Crippen LogP contribution in [0.1, 0.15) is 31.1 Å². The summed E-state index contributed by atoms with van der Waals surface area (Å²) in [6, 6.07) is 3.81. The summed E-state index contributed by atoms with van der Waals surface area (Å²) in [5, 5.41) is 6.46. The molecule has 1 unspecified atom stereocenters. The molecule has 0 aromatic heterocycles. The summed E-state index contributed by atoms with van der Waals surface area (Å²) < 4.78 is 25.7. The van der Waals surface area contributed by atoms with Gasteiger partial charge in [0.1, 0.15) is 11.6 Å². The Bertz CT molecular complexity index is 819. The number of nitrogens with zero attached hydrogens (tertiary/aromatic N) is 3. The molecule has 1 aliphatic rings. The van der Waals surface area contributed by atoms with Gasteiger partial charge in [-0.2, -0.15) is 0 Å². The van der Waals surface area contributed by atoms with Crippen LogP contribution < -0.4 is 15.4 Å². The monoisotopic (exact) mass is 433 g/mol. The second-order valence-corrected chi connectivity index (χ2v) is 7.25. The molecule has 2 N–H and O–H groups in total. The fraction of sp³-hybridized carbons (Fsp3) is 0.500. The number of morpholine rings is 1. The van der Waals surface area contributed by atoms with Crippen LogP contribution in [0.4, 0.5) is 4.39 Å². The van der Waals surface area contributed by atoms with Crippen LogP contribution in [0.2, 0.25) is 0 Å². The van der Waals surface area contributed by atoms with Crippen molar-refractivity contribution in [3.8, 4) is 5.75 Å². The van der Waals surface area contributed by atoms with Gasteiger partial charge in [-0.3, -0.25) is 14.8 Å².